The van der Waals surface area contributed by atoms with E-state index in [1.807, 2.05) is 13.8 Å². The first-order valence-electron chi connectivity index (χ1n) is 20.3. The zero-order chi connectivity index (χ0) is 37.5. The molecule has 0 N–H and O–H groups in total. The molecule has 0 aromatic carbocycles. The average Bonchev–Trinajstić information content (AvgIpc) is 3.08. The van der Waals surface area contributed by atoms with Crippen LogP contribution >= 0.6 is 25.3 Å². The van der Waals surface area contributed by atoms with Crippen LogP contribution in [0.15, 0.2) is 24.3 Å². The molecule has 7 heteroatoms. The van der Waals surface area contributed by atoms with Gasteiger partial charge in [0.2, 0.25) is 0 Å². The third-order valence-corrected chi connectivity index (χ3v) is 10.6. The fraction of sp³-hybridized carbons (Fsp3) is 0.857. The molecule has 0 aromatic rings. The number of rotatable bonds is 32. The maximum absolute atomic E-state index is 11.0. The molecule has 0 spiro atoms. The Kier molecular flexibility index (Phi) is 44.2. The van der Waals surface area contributed by atoms with Gasteiger partial charge in [0.05, 0.1) is 21.4 Å². The number of thiol groups is 2. The van der Waals surface area contributed by atoms with E-state index >= 15 is 0 Å². The van der Waals surface area contributed by atoms with Gasteiger partial charge in [0, 0.05) is 0 Å². The summed E-state index contributed by atoms with van der Waals surface area (Å²) in [7, 11) is 0. The van der Waals surface area contributed by atoms with E-state index in [2.05, 4.69) is 73.3 Å². The van der Waals surface area contributed by atoms with Gasteiger partial charge in [0.25, 0.3) is 0 Å². The molecular formula is C42H80O4S2Sn. The van der Waals surface area contributed by atoms with Crippen molar-refractivity contribution in [3.05, 3.63) is 24.3 Å². The predicted octanol–water partition coefficient (Wildman–Crippen LogP) is 11.7. The van der Waals surface area contributed by atoms with Gasteiger partial charge in [-0.25, -0.2) is 0 Å². The Labute approximate surface area is 327 Å². The first kappa shape index (κ1) is 53.3. The van der Waals surface area contributed by atoms with E-state index in [9.17, 15) is 19.8 Å². The standard InChI is InChI=1S/2C20H38O2S.2CH3.Sn/c2*1-3-5-6-7-8-9-10-11-12-13-14-15-16-17-18-20(23,4-2)19(21)22;;;/h2*11-12,23H,3-10,13-18H2,1-2H3,(H,21,22);2*1H3;/q;;;;+2/p-2. The van der Waals surface area contributed by atoms with Crippen LogP contribution in [0.2, 0.25) is 9.88 Å². The van der Waals surface area contributed by atoms with Gasteiger partial charge >= 0.3 is 31.0 Å². The number of carbonyl (C=O) groups excluding carboxylic acids is 2. The van der Waals surface area contributed by atoms with Crippen molar-refractivity contribution >= 4 is 58.3 Å². The second-order valence-corrected chi connectivity index (χ2v) is 18.4. The van der Waals surface area contributed by atoms with E-state index in [4.69, 9.17) is 0 Å². The zero-order valence-corrected chi connectivity index (χ0v) is 37.8. The van der Waals surface area contributed by atoms with E-state index in [0.29, 0.717) is 25.7 Å². The Balaban J connectivity index is -0.000000798. The van der Waals surface area contributed by atoms with Crippen LogP contribution < -0.4 is 10.2 Å². The van der Waals surface area contributed by atoms with Gasteiger partial charge < -0.3 is 19.8 Å². The van der Waals surface area contributed by atoms with Crippen LogP contribution in [0.5, 0.6) is 0 Å². The number of hydrogen-bond acceptors (Lipinski definition) is 6. The number of unbranched alkanes of at least 4 members (excludes halogenated alkanes) is 20. The Morgan fingerprint density at radius 2 is 0.694 bits per heavy atom. The molecule has 0 aliphatic heterocycles. The summed E-state index contributed by atoms with van der Waals surface area (Å²) in [5.74, 6) is -2.05. The fourth-order valence-corrected chi connectivity index (χ4v) is 5.79. The second-order valence-electron chi connectivity index (χ2n) is 13.8. The van der Waals surface area contributed by atoms with Crippen LogP contribution in [-0.2, 0) is 9.59 Å². The SMILES string of the molecule is CCCCCCCCC=CCCCCCCC(S)(CC)C(=O)[O-].CCCCCCCCC=CCCCCCCC(S)(CC)C(=O)[O-].[CH3][Sn+2][CH3]. The van der Waals surface area contributed by atoms with Crippen molar-refractivity contribution in [2.45, 2.75) is 227 Å². The van der Waals surface area contributed by atoms with Crippen molar-refractivity contribution in [3.8, 4) is 0 Å². The molecule has 0 saturated heterocycles. The van der Waals surface area contributed by atoms with Crippen molar-refractivity contribution in [2.75, 3.05) is 0 Å². The zero-order valence-electron chi connectivity index (χ0n) is 33.1. The number of carboxylic acid groups (broad SMARTS) is 2. The van der Waals surface area contributed by atoms with Crippen molar-refractivity contribution in [1.82, 2.24) is 0 Å². The van der Waals surface area contributed by atoms with Crippen molar-refractivity contribution in [2.24, 2.45) is 0 Å². The second kappa shape index (κ2) is 40.7. The normalized spacial score (nSPS) is 13.6. The molecule has 4 nitrogen and oxygen atoms in total. The van der Waals surface area contributed by atoms with Crippen LogP contribution in [-0.4, -0.2) is 42.6 Å². The molecule has 0 bridgehead atoms. The summed E-state index contributed by atoms with van der Waals surface area (Å²) in [4.78, 5) is 26.6. The third-order valence-electron chi connectivity index (χ3n) is 9.13. The Morgan fingerprint density at radius 3 is 0.918 bits per heavy atom. The van der Waals surface area contributed by atoms with E-state index in [1.165, 1.54) is 116 Å². The van der Waals surface area contributed by atoms with Gasteiger partial charge in [0.1, 0.15) is 0 Å². The van der Waals surface area contributed by atoms with Gasteiger partial charge in [-0.3, -0.25) is 0 Å². The van der Waals surface area contributed by atoms with Crippen LogP contribution in [0.25, 0.3) is 0 Å². The van der Waals surface area contributed by atoms with Crippen molar-refractivity contribution < 1.29 is 19.8 Å². The number of allylic oxidation sites excluding steroid dienone is 4. The summed E-state index contributed by atoms with van der Waals surface area (Å²) in [5.41, 5.74) is 0. The molecule has 0 amide bonds. The molecule has 49 heavy (non-hydrogen) atoms. The summed E-state index contributed by atoms with van der Waals surface area (Å²) in [6, 6.07) is 0. The molecule has 0 saturated carbocycles. The Morgan fingerprint density at radius 1 is 0.469 bits per heavy atom. The van der Waals surface area contributed by atoms with Gasteiger partial charge in [-0.05, 0) is 77.0 Å². The summed E-state index contributed by atoms with van der Waals surface area (Å²) in [6.45, 7) is 8.23. The monoisotopic (exact) mass is 832 g/mol. The van der Waals surface area contributed by atoms with Gasteiger partial charge in [-0.15, -0.1) is 0 Å². The Bertz CT molecular complexity index is 714. The molecule has 0 heterocycles. The topological polar surface area (TPSA) is 80.3 Å². The van der Waals surface area contributed by atoms with Crippen molar-refractivity contribution in [3.63, 3.8) is 0 Å². The summed E-state index contributed by atoms with van der Waals surface area (Å²) >= 11 is 8.75. The van der Waals surface area contributed by atoms with E-state index < -0.39 is 21.4 Å². The van der Waals surface area contributed by atoms with E-state index in [-0.39, 0.29) is 21.1 Å². The van der Waals surface area contributed by atoms with E-state index in [0.717, 1.165) is 38.5 Å². The molecular weight excluding hydrogens is 751 g/mol. The first-order valence-corrected chi connectivity index (χ1v) is 26.9. The number of carboxylic acids is 2. The van der Waals surface area contributed by atoms with E-state index in [1.54, 1.807) is 0 Å². The minimum absolute atomic E-state index is 0.230. The molecule has 288 valence electrons. The van der Waals surface area contributed by atoms with Crippen LogP contribution in [0, 0.1) is 0 Å². The minimum atomic E-state index is -1.03. The van der Waals surface area contributed by atoms with Gasteiger partial charge in [-0.1, -0.05) is 155 Å². The first-order chi connectivity index (χ1) is 23.5. The number of aliphatic carboxylic acids is 2. The van der Waals surface area contributed by atoms with Gasteiger partial charge in [0.15, 0.2) is 0 Å². The average molecular weight is 832 g/mol. The van der Waals surface area contributed by atoms with Crippen LogP contribution in [0.4, 0.5) is 0 Å². The molecule has 0 fully saturated rings. The number of hydrogen-bond donors (Lipinski definition) is 2. The Hall–Kier alpha value is -0.0813. The van der Waals surface area contributed by atoms with Gasteiger partial charge in [-0.2, -0.15) is 25.3 Å². The maximum atomic E-state index is 11.0. The van der Waals surface area contributed by atoms with Crippen LogP contribution in [0.3, 0.4) is 0 Å². The number of carbonyl (C=O) groups is 2. The van der Waals surface area contributed by atoms with Crippen LogP contribution in [0.1, 0.15) is 207 Å². The summed E-state index contributed by atoms with van der Waals surface area (Å²) in [5, 5.41) is 22.0. The molecule has 0 aliphatic rings. The third kappa shape index (κ3) is 37.5. The molecule has 2 atom stereocenters. The summed E-state index contributed by atoms with van der Waals surface area (Å²) < 4.78 is -1.87. The molecule has 0 rings (SSSR count). The quantitative estimate of drug-likeness (QED) is 0.0306. The molecule has 0 radical (unpaired) electrons. The molecule has 2 unspecified atom stereocenters. The molecule has 0 aliphatic carbocycles. The predicted molar refractivity (Wildman–Crippen MR) is 221 cm³/mol. The molecule has 0 aromatic heterocycles. The fourth-order valence-electron chi connectivity index (χ4n) is 5.47. The summed E-state index contributed by atoms with van der Waals surface area (Å²) in [6.07, 6.45) is 41.4. The van der Waals surface area contributed by atoms with Crippen molar-refractivity contribution in [1.29, 1.82) is 0 Å².